The monoisotopic (exact) mass is 382 g/mol. The van der Waals surface area contributed by atoms with Gasteiger partial charge >= 0.3 is 5.97 Å². The molecule has 0 aliphatic rings. The van der Waals surface area contributed by atoms with Crippen LogP contribution in [-0.2, 0) is 16.1 Å². The van der Waals surface area contributed by atoms with Crippen LogP contribution in [-0.4, -0.2) is 34.3 Å². The second-order valence-electron chi connectivity index (χ2n) is 7.22. The highest BCUT2D eigenvalue weighted by Crippen LogP contribution is 2.19. The van der Waals surface area contributed by atoms with Crippen LogP contribution in [0, 0.1) is 12.8 Å². The number of nitrogens with zero attached hydrogens (tertiary/aromatic N) is 1. The standard InChI is InChI=1S/C22H26N2O4/c1-15(2)11-20(25)23-19-10-9-18(12-16(19)3)22(28)24(14-21(26)27)13-17-7-5-4-6-8-17/h4-10,12,15H,11,13-14H2,1-3H3,(H,23,25)(H,26,27). The Morgan fingerprint density at radius 1 is 1.07 bits per heavy atom. The van der Waals surface area contributed by atoms with Gasteiger partial charge in [-0.15, -0.1) is 0 Å². The number of aryl methyl sites for hydroxylation is 1. The van der Waals surface area contributed by atoms with Crippen LogP contribution >= 0.6 is 0 Å². The highest BCUT2D eigenvalue weighted by Gasteiger charge is 2.20. The Morgan fingerprint density at radius 2 is 1.75 bits per heavy atom. The average molecular weight is 382 g/mol. The smallest absolute Gasteiger partial charge is 0.323 e. The topological polar surface area (TPSA) is 86.7 Å². The van der Waals surface area contributed by atoms with Crippen molar-refractivity contribution in [3.05, 3.63) is 65.2 Å². The van der Waals surface area contributed by atoms with E-state index in [1.54, 1.807) is 25.1 Å². The van der Waals surface area contributed by atoms with E-state index in [1.165, 1.54) is 4.90 Å². The van der Waals surface area contributed by atoms with Crippen molar-refractivity contribution in [2.24, 2.45) is 5.92 Å². The van der Waals surface area contributed by atoms with Crippen molar-refractivity contribution >= 4 is 23.5 Å². The van der Waals surface area contributed by atoms with Crippen molar-refractivity contribution < 1.29 is 19.5 Å². The molecule has 0 aliphatic carbocycles. The number of carboxylic acid groups (broad SMARTS) is 1. The molecule has 0 heterocycles. The molecular formula is C22H26N2O4. The predicted molar refractivity (Wildman–Crippen MR) is 108 cm³/mol. The molecule has 0 radical (unpaired) electrons. The lowest BCUT2D eigenvalue weighted by molar-refractivity contribution is -0.137. The molecule has 0 fully saturated rings. The Hall–Kier alpha value is -3.15. The summed E-state index contributed by atoms with van der Waals surface area (Å²) >= 11 is 0. The molecule has 6 nitrogen and oxygen atoms in total. The van der Waals surface area contributed by atoms with Crippen LogP contribution in [0.15, 0.2) is 48.5 Å². The van der Waals surface area contributed by atoms with Crippen LogP contribution in [0.2, 0.25) is 0 Å². The summed E-state index contributed by atoms with van der Waals surface area (Å²) in [5, 5.41) is 12.0. The summed E-state index contributed by atoms with van der Waals surface area (Å²) in [5.74, 6) is -1.26. The fourth-order valence-corrected chi connectivity index (χ4v) is 2.86. The Morgan fingerprint density at radius 3 is 2.32 bits per heavy atom. The molecule has 0 aliphatic heterocycles. The minimum Gasteiger partial charge on any atom is -0.480 e. The van der Waals surface area contributed by atoms with E-state index in [1.807, 2.05) is 44.2 Å². The van der Waals surface area contributed by atoms with E-state index in [2.05, 4.69) is 5.32 Å². The van der Waals surface area contributed by atoms with Gasteiger partial charge < -0.3 is 15.3 Å². The molecule has 2 amide bonds. The van der Waals surface area contributed by atoms with Crippen LogP contribution in [0.5, 0.6) is 0 Å². The first-order valence-electron chi connectivity index (χ1n) is 9.21. The van der Waals surface area contributed by atoms with Crippen LogP contribution in [0.25, 0.3) is 0 Å². The van der Waals surface area contributed by atoms with E-state index < -0.39 is 5.97 Å². The Bertz CT molecular complexity index is 847. The average Bonchev–Trinajstić information content (AvgIpc) is 2.62. The number of amides is 2. The van der Waals surface area contributed by atoms with Gasteiger partial charge in [0.1, 0.15) is 6.54 Å². The Kier molecular flexibility index (Phi) is 7.32. The van der Waals surface area contributed by atoms with Crippen LogP contribution in [0.1, 0.15) is 41.8 Å². The maximum Gasteiger partial charge on any atom is 0.323 e. The van der Waals surface area contributed by atoms with Gasteiger partial charge in [0.15, 0.2) is 0 Å². The Labute approximate surface area is 165 Å². The molecule has 2 aromatic rings. The molecule has 2 aromatic carbocycles. The van der Waals surface area contributed by atoms with Gasteiger partial charge in [-0.25, -0.2) is 0 Å². The number of carbonyl (C=O) groups is 3. The van der Waals surface area contributed by atoms with Gasteiger partial charge in [0.05, 0.1) is 0 Å². The number of carbonyl (C=O) groups excluding carboxylic acids is 2. The minimum atomic E-state index is -1.07. The first-order chi connectivity index (χ1) is 13.3. The molecule has 0 atom stereocenters. The first-order valence-corrected chi connectivity index (χ1v) is 9.21. The maximum absolute atomic E-state index is 12.9. The number of hydrogen-bond donors (Lipinski definition) is 2. The van der Waals surface area contributed by atoms with Crippen molar-refractivity contribution in [3.63, 3.8) is 0 Å². The third-order valence-electron chi connectivity index (χ3n) is 4.17. The summed E-state index contributed by atoms with van der Waals surface area (Å²) in [6, 6.07) is 14.2. The van der Waals surface area contributed by atoms with Crippen molar-refractivity contribution in [3.8, 4) is 0 Å². The van der Waals surface area contributed by atoms with Gasteiger partial charge in [0.25, 0.3) is 5.91 Å². The second kappa shape index (κ2) is 9.69. The Balaban J connectivity index is 2.18. The summed E-state index contributed by atoms with van der Waals surface area (Å²) in [6.07, 6.45) is 0.420. The molecule has 2 rings (SSSR count). The van der Waals surface area contributed by atoms with Crippen molar-refractivity contribution in [2.75, 3.05) is 11.9 Å². The van der Waals surface area contributed by atoms with E-state index in [9.17, 15) is 19.5 Å². The third kappa shape index (κ3) is 6.23. The van der Waals surface area contributed by atoms with E-state index in [4.69, 9.17) is 0 Å². The van der Waals surface area contributed by atoms with Crippen molar-refractivity contribution in [1.82, 2.24) is 4.90 Å². The fraction of sp³-hybridized carbons (Fsp3) is 0.318. The number of nitrogens with one attached hydrogen (secondary N) is 1. The molecule has 0 unspecified atom stereocenters. The molecule has 6 heteroatoms. The summed E-state index contributed by atoms with van der Waals surface area (Å²) < 4.78 is 0. The van der Waals surface area contributed by atoms with Gasteiger partial charge in [-0.05, 0) is 42.2 Å². The number of hydrogen-bond acceptors (Lipinski definition) is 3. The SMILES string of the molecule is Cc1cc(C(=O)N(CC(=O)O)Cc2ccccc2)ccc1NC(=O)CC(C)C. The second-order valence-corrected chi connectivity index (χ2v) is 7.22. The lowest BCUT2D eigenvalue weighted by atomic mass is 10.1. The summed E-state index contributed by atoms with van der Waals surface area (Å²) in [5.41, 5.74) is 2.64. The number of aliphatic carboxylic acids is 1. The summed E-state index contributed by atoms with van der Waals surface area (Å²) in [6.45, 7) is 5.56. The zero-order valence-corrected chi connectivity index (χ0v) is 16.4. The summed E-state index contributed by atoms with van der Waals surface area (Å²) in [7, 11) is 0. The van der Waals surface area contributed by atoms with Crippen LogP contribution < -0.4 is 5.32 Å². The minimum absolute atomic E-state index is 0.0752. The quantitative estimate of drug-likeness (QED) is 0.729. The largest absolute Gasteiger partial charge is 0.480 e. The molecule has 148 valence electrons. The molecule has 0 saturated carbocycles. The lowest BCUT2D eigenvalue weighted by Gasteiger charge is -2.21. The highest BCUT2D eigenvalue weighted by atomic mass is 16.4. The lowest BCUT2D eigenvalue weighted by Crippen LogP contribution is -2.35. The highest BCUT2D eigenvalue weighted by molar-refractivity contribution is 5.97. The number of carboxylic acids is 1. The zero-order chi connectivity index (χ0) is 20.7. The van der Waals surface area contributed by atoms with Gasteiger partial charge in [-0.3, -0.25) is 14.4 Å². The number of rotatable bonds is 8. The molecular weight excluding hydrogens is 356 g/mol. The van der Waals surface area contributed by atoms with Gasteiger partial charge in [0, 0.05) is 24.2 Å². The number of anilines is 1. The molecule has 0 saturated heterocycles. The van der Waals surface area contributed by atoms with Crippen molar-refractivity contribution in [2.45, 2.75) is 33.7 Å². The normalized spacial score (nSPS) is 10.6. The van der Waals surface area contributed by atoms with Gasteiger partial charge in [0.2, 0.25) is 5.91 Å². The first kappa shape index (κ1) is 21.2. The summed E-state index contributed by atoms with van der Waals surface area (Å²) in [4.78, 5) is 37.4. The van der Waals surface area contributed by atoms with E-state index >= 15 is 0 Å². The fourth-order valence-electron chi connectivity index (χ4n) is 2.86. The predicted octanol–water partition coefficient (Wildman–Crippen LogP) is 3.71. The van der Waals surface area contributed by atoms with Gasteiger partial charge in [-0.2, -0.15) is 0 Å². The number of benzene rings is 2. The van der Waals surface area contributed by atoms with E-state index in [0.717, 1.165) is 11.1 Å². The molecule has 28 heavy (non-hydrogen) atoms. The van der Waals surface area contributed by atoms with Crippen LogP contribution in [0.3, 0.4) is 0 Å². The molecule has 0 spiro atoms. The van der Waals surface area contributed by atoms with Crippen molar-refractivity contribution in [1.29, 1.82) is 0 Å². The molecule has 2 N–H and O–H groups in total. The molecule has 0 aromatic heterocycles. The van der Waals surface area contributed by atoms with Gasteiger partial charge in [-0.1, -0.05) is 44.2 Å². The van der Waals surface area contributed by atoms with Crippen LogP contribution in [0.4, 0.5) is 5.69 Å². The molecule has 0 bridgehead atoms. The van der Waals surface area contributed by atoms with E-state index in [0.29, 0.717) is 17.7 Å². The maximum atomic E-state index is 12.9. The third-order valence-corrected chi connectivity index (χ3v) is 4.17. The van der Waals surface area contributed by atoms with E-state index in [-0.39, 0.29) is 30.8 Å². The zero-order valence-electron chi connectivity index (χ0n) is 16.4.